The van der Waals surface area contributed by atoms with Gasteiger partial charge in [-0.1, -0.05) is 77.4 Å². The second-order valence-electron chi connectivity index (χ2n) is 13.4. The summed E-state index contributed by atoms with van der Waals surface area (Å²) < 4.78 is 6.23. The Labute approximate surface area is 254 Å². The number of imide groups is 1. The topological polar surface area (TPSA) is 75.7 Å². The number of hydrogen-bond donors (Lipinski definition) is 1. The van der Waals surface area contributed by atoms with Crippen LogP contribution in [-0.2, 0) is 25.2 Å². The van der Waals surface area contributed by atoms with E-state index < -0.39 is 0 Å². The lowest BCUT2D eigenvalue weighted by atomic mass is 9.76. The van der Waals surface area contributed by atoms with Gasteiger partial charge in [0.15, 0.2) is 0 Å². The minimum Gasteiger partial charge on any atom is -0.493 e. The maximum Gasteiger partial charge on any atom is 0.238 e. The van der Waals surface area contributed by atoms with Crippen molar-refractivity contribution in [1.82, 2.24) is 0 Å². The van der Waals surface area contributed by atoms with Crippen molar-refractivity contribution in [2.24, 2.45) is 23.7 Å². The summed E-state index contributed by atoms with van der Waals surface area (Å²) in [5, 5.41) is 3.21. The summed E-state index contributed by atoms with van der Waals surface area (Å²) in [6.07, 6.45) is 7.85. The Morgan fingerprint density at radius 3 is 2.21 bits per heavy atom. The number of carbonyl (C=O) groups excluding carboxylic acids is 3. The van der Waals surface area contributed by atoms with Gasteiger partial charge in [0.1, 0.15) is 5.75 Å². The highest BCUT2D eigenvalue weighted by molar-refractivity contribution is 6.36. The first-order valence-electron chi connectivity index (χ1n) is 15.3. The number of hydrogen-bond acceptors (Lipinski definition) is 4. The molecule has 1 N–H and O–H groups in total. The first kappa shape index (κ1) is 30.3. The van der Waals surface area contributed by atoms with Crippen LogP contribution in [0.25, 0.3) is 0 Å². The van der Waals surface area contributed by atoms with Crippen LogP contribution < -0.4 is 15.0 Å². The van der Waals surface area contributed by atoms with E-state index in [0.717, 1.165) is 25.0 Å². The lowest BCUT2D eigenvalue weighted by molar-refractivity contribution is -0.123. The lowest BCUT2D eigenvalue weighted by Crippen LogP contribution is -2.33. The van der Waals surface area contributed by atoms with Crippen molar-refractivity contribution in [3.63, 3.8) is 0 Å². The average molecular weight is 591 g/mol. The minimum atomic E-state index is -0.306. The quantitative estimate of drug-likeness (QED) is 0.164. The molecular weight excluding hydrogens is 548 g/mol. The summed E-state index contributed by atoms with van der Waals surface area (Å²) >= 11 is 6.46. The molecule has 0 aromatic heterocycles. The van der Waals surface area contributed by atoms with Gasteiger partial charge >= 0.3 is 0 Å². The third-order valence-corrected chi connectivity index (χ3v) is 10.3. The highest BCUT2D eigenvalue weighted by Gasteiger charge is 2.59. The number of nitrogens with zero attached hydrogens (tertiary/aromatic N) is 1. The molecule has 2 fully saturated rings. The molecule has 42 heavy (non-hydrogen) atoms. The highest BCUT2D eigenvalue weighted by atomic mass is 35.5. The smallest absolute Gasteiger partial charge is 0.238 e. The number of rotatable bonds is 11. The summed E-state index contributed by atoms with van der Waals surface area (Å²) in [7, 11) is 0. The van der Waals surface area contributed by atoms with E-state index >= 15 is 0 Å². The number of carbonyl (C=O) groups is 3. The van der Waals surface area contributed by atoms with Crippen molar-refractivity contribution in [2.45, 2.75) is 84.5 Å². The summed E-state index contributed by atoms with van der Waals surface area (Å²) in [4.78, 5) is 40.6. The Hall–Kier alpha value is -3.12. The van der Waals surface area contributed by atoms with Crippen molar-refractivity contribution in [3.05, 3.63) is 64.7 Å². The number of fused-ring (bicyclic) bond motifs is 5. The standard InChI is InChI=1S/C35H43ClN2O4/c1-7-34(3,4)23-13-16-28(25(19-23)35(5,6)8-2)42-17-9-10-29(39)37-24-14-15-26(36)27(20-24)38-32(40)30-21-11-12-22(18-21)31(30)33(38)41/h11-16,19-22,30-31H,7-10,17-18H2,1-6H3,(H,37,39)/t21-,22-,30-,31+/m0/s1. The fourth-order valence-corrected chi connectivity index (χ4v) is 6.74. The number of allylic oxidation sites excluding steroid dienone is 2. The zero-order valence-corrected chi connectivity index (χ0v) is 26.4. The third-order valence-electron chi connectivity index (χ3n) is 10.0. The van der Waals surface area contributed by atoms with Crippen LogP contribution in [0.15, 0.2) is 48.6 Å². The molecular formula is C35H43ClN2O4. The SMILES string of the molecule is CCC(C)(C)c1ccc(OCCCC(=O)Nc2ccc(Cl)c(N3C(=O)[C@@H]4[C@H](C3=O)[C@H]3C=C[C@H]4C3)c2)c(C(C)(C)CC)c1. The number of halogens is 1. The van der Waals surface area contributed by atoms with E-state index in [-0.39, 0.29) is 58.6 Å². The molecule has 2 aliphatic carbocycles. The Kier molecular flexibility index (Phi) is 8.32. The highest BCUT2D eigenvalue weighted by Crippen LogP contribution is 2.53. The van der Waals surface area contributed by atoms with Crippen LogP contribution in [0, 0.1) is 23.7 Å². The fourth-order valence-electron chi connectivity index (χ4n) is 6.54. The molecule has 1 heterocycles. The van der Waals surface area contributed by atoms with Crippen LogP contribution in [0.2, 0.25) is 5.02 Å². The van der Waals surface area contributed by atoms with Crippen molar-refractivity contribution in [1.29, 1.82) is 0 Å². The predicted octanol–water partition coefficient (Wildman–Crippen LogP) is 7.82. The summed E-state index contributed by atoms with van der Waals surface area (Å²) in [6.45, 7) is 13.8. The van der Waals surface area contributed by atoms with Crippen LogP contribution in [-0.4, -0.2) is 24.3 Å². The molecule has 0 spiro atoms. The maximum atomic E-state index is 13.3. The molecule has 224 valence electrons. The first-order chi connectivity index (χ1) is 19.9. The monoisotopic (exact) mass is 590 g/mol. The summed E-state index contributed by atoms with van der Waals surface area (Å²) in [5.74, 6) is -0.0549. The molecule has 1 aliphatic heterocycles. The van der Waals surface area contributed by atoms with Crippen LogP contribution in [0.1, 0.15) is 84.8 Å². The van der Waals surface area contributed by atoms with E-state index in [1.807, 2.05) is 0 Å². The fraction of sp³-hybridized carbons (Fsp3) is 0.514. The van der Waals surface area contributed by atoms with E-state index in [4.69, 9.17) is 16.3 Å². The first-order valence-corrected chi connectivity index (χ1v) is 15.7. The van der Waals surface area contributed by atoms with Gasteiger partial charge in [-0.3, -0.25) is 14.4 Å². The van der Waals surface area contributed by atoms with Crippen molar-refractivity contribution < 1.29 is 19.1 Å². The lowest BCUT2D eigenvalue weighted by Gasteiger charge is -2.30. The number of amides is 3. The van der Waals surface area contributed by atoms with E-state index in [9.17, 15) is 14.4 Å². The molecule has 2 bridgehead atoms. The maximum absolute atomic E-state index is 13.3. The van der Waals surface area contributed by atoms with Gasteiger partial charge < -0.3 is 10.1 Å². The number of nitrogens with one attached hydrogen (secondary N) is 1. The molecule has 1 saturated carbocycles. The third kappa shape index (κ3) is 5.50. The summed E-state index contributed by atoms with van der Waals surface area (Å²) in [6, 6.07) is 11.5. The molecule has 6 nitrogen and oxygen atoms in total. The molecule has 4 atom stereocenters. The van der Waals surface area contributed by atoms with E-state index in [1.165, 1.54) is 16.0 Å². The van der Waals surface area contributed by atoms with Gasteiger partial charge in [-0.25, -0.2) is 4.90 Å². The van der Waals surface area contributed by atoms with Gasteiger partial charge in [-0.15, -0.1) is 0 Å². The Morgan fingerprint density at radius 2 is 1.60 bits per heavy atom. The van der Waals surface area contributed by atoms with Crippen LogP contribution in [0.3, 0.4) is 0 Å². The van der Waals surface area contributed by atoms with E-state index in [2.05, 4.69) is 77.2 Å². The van der Waals surface area contributed by atoms with Gasteiger partial charge in [0.2, 0.25) is 17.7 Å². The van der Waals surface area contributed by atoms with Gasteiger partial charge in [0.05, 0.1) is 29.2 Å². The Bertz CT molecular complexity index is 1400. The molecule has 2 aromatic carbocycles. The van der Waals surface area contributed by atoms with Crippen LogP contribution in [0.4, 0.5) is 11.4 Å². The molecule has 0 unspecified atom stereocenters. The Balaban J connectivity index is 1.20. The molecule has 1 saturated heterocycles. The zero-order valence-electron chi connectivity index (χ0n) is 25.6. The number of benzene rings is 2. The number of ether oxygens (including phenoxy) is 1. The predicted molar refractivity (Wildman–Crippen MR) is 168 cm³/mol. The van der Waals surface area contributed by atoms with Gasteiger partial charge in [-0.2, -0.15) is 0 Å². The minimum absolute atomic E-state index is 0.0360. The molecule has 7 heteroatoms. The van der Waals surface area contributed by atoms with Gasteiger partial charge in [0.25, 0.3) is 0 Å². The molecule has 3 amide bonds. The van der Waals surface area contributed by atoms with Crippen molar-refractivity contribution in [3.8, 4) is 5.75 Å². The molecule has 0 radical (unpaired) electrons. The molecule has 2 aromatic rings. The van der Waals surface area contributed by atoms with E-state index in [1.54, 1.807) is 18.2 Å². The largest absolute Gasteiger partial charge is 0.493 e. The van der Waals surface area contributed by atoms with Crippen LogP contribution in [0.5, 0.6) is 5.75 Å². The summed E-state index contributed by atoms with van der Waals surface area (Å²) in [5.41, 5.74) is 3.39. The second kappa shape index (κ2) is 11.5. The van der Waals surface area contributed by atoms with Gasteiger partial charge in [-0.05, 0) is 78.2 Å². The van der Waals surface area contributed by atoms with Crippen molar-refractivity contribution >= 4 is 40.7 Å². The Morgan fingerprint density at radius 1 is 0.952 bits per heavy atom. The second-order valence-corrected chi connectivity index (χ2v) is 13.8. The van der Waals surface area contributed by atoms with Gasteiger partial charge in [0, 0.05) is 17.7 Å². The molecule has 3 aliphatic rings. The van der Waals surface area contributed by atoms with Crippen molar-refractivity contribution in [2.75, 3.05) is 16.8 Å². The van der Waals surface area contributed by atoms with E-state index in [0.29, 0.717) is 29.4 Å². The number of anilines is 2. The normalized spacial score (nSPS) is 23.1. The average Bonchev–Trinajstić information content (AvgIpc) is 3.65. The molecule has 5 rings (SSSR count). The van der Waals surface area contributed by atoms with Crippen LogP contribution >= 0.6 is 11.6 Å². The zero-order chi connectivity index (χ0) is 30.4.